The minimum atomic E-state index is 0.621. The Kier molecular flexibility index (Phi) is 3.47. The standard InChI is InChI=1S/C15H11Cl2N3/c1-10-8-15-18-7-6-13(20(15)19-10)5-3-11-2-4-12(16)9-14(11)17/h2-9H,1H3/b5-3+. The predicted octanol–water partition coefficient (Wildman–Crippen LogP) is 4.51. The molecule has 3 rings (SSSR count). The summed E-state index contributed by atoms with van der Waals surface area (Å²) in [6, 6.07) is 9.26. The molecule has 1 aromatic carbocycles. The summed E-state index contributed by atoms with van der Waals surface area (Å²) in [4.78, 5) is 4.27. The van der Waals surface area contributed by atoms with Crippen LogP contribution in [0.15, 0.2) is 36.5 Å². The molecule has 2 aromatic heterocycles. The predicted molar refractivity (Wildman–Crippen MR) is 83.1 cm³/mol. The number of nitrogens with zero attached hydrogens (tertiary/aromatic N) is 3. The number of benzene rings is 1. The van der Waals surface area contributed by atoms with Crippen LogP contribution >= 0.6 is 23.2 Å². The van der Waals surface area contributed by atoms with Gasteiger partial charge in [0, 0.05) is 22.3 Å². The van der Waals surface area contributed by atoms with E-state index in [-0.39, 0.29) is 0 Å². The van der Waals surface area contributed by atoms with Gasteiger partial charge in [-0.3, -0.25) is 0 Å². The van der Waals surface area contributed by atoms with Gasteiger partial charge in [-0.25, -0.2) is 9.50 Å². The molecule has 3 aromatic rings. The van der Waals surface area contributed by atoms with Crippen molar-refractivity contribution in [2.45, 2.75) is 6.92 Å². The fourth-order valence-corrected chi connectivity index (χ4v) is 2.44. The molecule has 0 saturated carbocycles. The smallest absolute Gasteiger partial charge is 0.155 e. The zero-order chi connectivity index (χ0) is 14.1. The van der Waals surface area contributed by atoms with E-state index in [0.29, 0.717) is 10.0 Å². The lowest BCUT2D eigenvalue weighted by Gasteiger charge is -2.00. The number of halogens is 2. The molecule has 0 unspecified atom stereocenters. The molecule has 0 saturated heterocycles. The average Bonchev–Trinajstić information content (AvgIpc) is 2.78. The third-order valence-electron chi connectivity index (χ3n) is 2.91. The second-order valence-corrected chi connectivity index (χ2v) is 5.27. The molecule has 5 heteroatoms. The van der Waals surface area contributed by atoms with Crippen molar-refractivity contribution < 1.29 is 0 Å². The molecule has 0 atom stereocenters. The maximum absolute atomic E-state index is 6.15. The summed E-state index contributed by atoms with van der Waals surface area (Å²) in [5.41, 5.74) is 3.61. The second kappa shape index (κ2) is 5.27. The van der Waals surface area contributed by atoms with E-state index in [1.165, 1.54) is 0 Å². The molecule has 0 radical (unpaired) electrons. The third kappa shape index (κ3) is 2.55. The van der Waals surface area contributed by atoms with Gasteiger partial charge in [-0.05, 0) is 36.8 Å². The Morgan fingerprint density at radius 1 is 1.10 bits per heavy atom. The van der Waals surface area contributed by atoms with Crippen molar-refractivity contribution in [3.05, 3.63) is 63.5 Å². The highest BCUT2D eigenvalue weighted by Crippen LogP contribution is 2.22. The molecule has 0 bridgehead atoms. The van der Waals surface area contributed by atoms with Crippen LogP contribution in [0.5, 0.6) is 0 Å². The molecule has 0 aliphatic rings. The first-order valence-corrected chi connectivity index (χ1v) is 6.83. The van der Waals surface area contributed by atoms with Crippen molar-refractivity contribution in [3.63, 3.8) is 0 Å². The van der Waals surface area contributed by atoms with Crippen LogP contribution in [0, 0.1) is 6.92 Å². The molecule has 3 nitrogen and oxygen atoms in total. The minimum absolute atomic E-state index is 0.621. The Labute approximate surface area is 126 Å². The first-order valence-electron chi connectivity index (χ1n) is 6.08. The van der Waals surface area contributed by atoms with Gasteiger partial charge in [0.1, 0.15) is 0 Å². The maximum Gasteiger partial charge on any atom is 0.155 e. The molecule has 0 aliphatic heterocycles. The summed E-state index contributed by atoms with van der Waals surface area (Å²) in [5.74, 6) is 0. The van der Waals surface area contributed by atoms with Gasteiger partial charge in [-0.15, -0.1) is 0 Å². The Hall–Kier alpha value is -1.84. The van der Waals surface area contributed by atoms with Crippen LogP contribution in [0.1, 0.15) is 17.0 Å². The van der Waals surface area contributed by atoms with Crippen LogP contribution in [0.3, 0.4) is 0 Å². The van der Waals surface area contributed by atoms with Gasteiger partial charge < -0.3 is 0 Å². The molecule has 0 amide bonds. The van der Waals surface area contributed by atoms with Crippen LogP contribution in [0.4, 0.5) is 0 Å². The van der Waals surface area contributed by atoms with E-state index in [4.69, 9.17) is 23.2 Å². The molecule has 0 aliphatic carbocycles. The lowest BCUT2D eigenvalue weighted by Crippen LogP contribution is -1.94. The first-order chi connectivity index (χ1) is 9.63. The highest BCUT2D eigenvalue weighted by atomic mass is 35.5. The summed E-state index contributed by atoms with van der Waals surface area (Å²) < 4.78 is 1.80. The summed E-state index contributed by atoms with van der Waals surface area (Å²) >= 11 is 12.0. The number of aromatic nitrogens is 3. The van der Waals surface area contributed by atoms with E-state index in [1.807, 2.05) is 43.3 Å². The summed E-state index contributed by atoms with van der Waals surface area (Å²) in [6.07, 6.45) is 5.65. The maximum atomic E-state index is 6.15. The van der Waals surface area contributed by atoms with Gasteiger partial charge in [0.15, 0.2) is 5.65 Å². The zero-order valence-corrected chi connectivity index (χ0v) is 12.2. The van der Waals surface area contributed by atoms with Crippen LogP contribution < -0.4 is 0 Å². The van der Waals surface area contributed by atoms with Gasteiger partial charge in [0.2, 0.25) is 0 Å². The van der Waals surface area contributed by atoms with E-state index in [2.05, 4.69) is 10.1 Å². The summed E-state index contributed by atoms with van der Waals surface area (Å²) in [6.45, 7) is 1.94. The largest absolute Gasteiger partial charge is 0.237 e. The van der Waals surface area contributed by atoms with Gasteiger partial charge >= 0.3 is 0 Å². The van der Waals surface area contributed by atoms with Crippen LogP contribution in [-0.2, 0) is 0 Å². The molecule has 20 heavy (non-hydrogen) atoms. The number of hydrogen-bond acceptors (Lipinski definition) is 2. The van der Waals surface area contributed by atoms with Gasteiger partial charge in [-0.2, -0.15) is 5.10 Å². The molecule has 2 heterocycles. The number of rotatable bonds is 2. The van der Waals surface area contributed by atoms with E-state index in [0.717, 1.165) is 22.6 Å². The summed E-state index contributed by atoms with van der Waals surface area (Å²) in [5, 5.41) is 5.66. The van der Waals surface area contributed by atoms with Gasteiger partial charge in [0.05, 0.1) is 11.4 Å². The van der Waals surface area contributed by atoms with Crippen LogP contribution in [0.25, 0.3) is 17.8 Å². The quantitative estimate of drug-likeness (QED) is 0.697. The molecular formula is C15H11Cl2N3. The number of hydrogen-bond donors (Lipinski definition) is 0. The van der Waals surface area contributed by atoms with E-state index in [9.17, 15) is 0 Å². The SMILES string of the molecule is Cc1cc2nccc(/C=C/c3ccc(Cl)cc3Cl)n2n1. The average molecular weight is 304 g/mol. The van der Waals surface area contributed by atoms with Crippen molar-refractivity contribution >= 4 is 41.0 Å². The highest BCUT2D eigenvalue weighted by Gasteiger charge is 2.02. The van der Waals surface area contributed by atoms with Crippen LogP contribution in [0.2, 0.25) is 10.0 Å². The second-order valence-electron chi connectivity index (χ2n) is 4.42. The van der Waals surface area contributed by atoms with Crippen molar-refractivity contribution in [1.82, 2.24) is 14.6 Å². The summed E-state index contributed by atoms with van der Waals surface area (Å²) in [7, 11) is 0. The Morgan fingerprint density at radius 3 is 2.75 bits per heavy atom. The molecular weight excluding hydrogens is 293 g/mol. The normalized spacial score (nSPS) is 11.6. The van der Waals surface area contributed by atoms with E-state index in [1.54, 1.807) is 16.8 Å². The van der Waals surface area contributed by atoms with Gasteiger partial charge in [0.25, 0.3) is 0 Å². The zero-order valence-electron chi connectivity index (χ0n) is 10.7. The first kappa shape index (κ1) is 13.2. The lowest BCUT2D eigenvalue weighted by molar-refractivity contribution is 0.906. The van der Waals surface area contributed by atoms with Crippen molar-refractivity contribution in [1.29, 1.82) is 0 Å². The monoisotopic (exact) mass is 303 g/mol. The van der Waals surface area contributed by atoms with Crippen molar-refractivity contribution in [2.24, 2.45) is 0 Å². The minimum Gasteiger partial charge on any atom is -0.237 e. The lowest BCUT2D eigenvalue weighted by atomic mass is 10.2. The molecule has 0 spiro atoms. The Morgan fingerprint density at radius 2 is 1.95 bits per heavy atom. The molecule has 100 valence electrons. The topological polar surface area (TPSA) is 30.2 Å². The molecule has 0 fully saturated rings. The number of fused-ring (bicyclic) bond motifs is 1. The van der Waals surface area contributed by atoms with E-state index < -0.39 is 0 Å². The Bertz CT molecular complexity index is 806. The number of aryl methyl sites for hydroxylation is 1. The van der Waals surface area contributed by atoms with Gasteiger partial charge in [-0.1, -0.05) is 35.3 Å². The van der Waals surface area contributed by atoms with Crippen LogP contribution in [-0.4, -0.2) is 14.6 Å². The fraction of sp³-hybridized carbons (Fsp3) is 0.0667. The van der Waals surface area contributed by atoms with Crippen molar-refractivity contribution in [3.8, 4) is 0 Å². The Balaban J connectivity index is 2.02. The van der Waals surface area contributed by atoms with E-state index >= 15 is 0 Å². The van der Waals surface area contributed by atoms with Crippen molar-refractivity contribution in [2.75, 3.05) is 0 Å². The molecule has 0 N–H and O–H groups in total. The highest BCUT2D eigenvalue weighted by molar-refractivity contribution is 6.35. The fourth-order valence-electron chi connectivity index (χ4n) is 1.97. The third-order valence-corrected chi connectivity index (χ3v) is 3.47.